The van der Waals surface area contributed by atoms with E-state index in [-0.39, 0.29) is 28.2 Å². The molecule has 0 N–H and O–H groups in total. The lowest BCUT2D eigenvalue weighted by atomic mass is 10.1. The summed E-state index contributed by atoms with van der Waals surface area (Å²) in [5.74, 6) is 2.30. The lowest BCUT2D eigenvalue weighted by Crippen LogP contribution is -2.10. The van der Waals surface area contributed by atoms with Gasteiger partial charge in [-0.15, -0.1) is 0 Å². The van der Waals surface area contributed by atoms with Crippen molar-refractivity contribution in [2.75, 3.05) is 41.7 Å². The Bertz CT molecular complexity index is 1130. The Morgan fingerprint density at radius 2 is 1.42 bits per heavy atom. The number of rotatable bonds is 9. The Balaban J connectivity index is 2.36. The van der Waals surface area contributed by atoms with E-state index in [9.17, 15) is 4.79 Å². The summed E-state index contributed by atoms with van der Waals surface area (Å²) in [4.78, 5) is 13.4. The third-order valence-electron chi connectivity index (χ3n) is 4.66. The molecule has 0 amide bonds. The standard InChI is InChI=1S/C23H26O8/c1-7-29-15-11-13(9-10-14(15)25-3)20-23(28-6)19(24)18-16(31-20)12-17(26-4)21(30-8-2)22(18)27-5/h9-12H,7-8H2,1-6H3. The van der Waals surface area contributed by atoms with Crippen LogP contribution in [-0.2, 0) is 0 Å². The van der Waals surface area contributed by atoms with Gasteiger partial charge in [-0.05, 0) is 32.0 Å². The largest absolute Gasteiger partial charge is 0.493 e. The molecule has 0 atom stereocenters. The van der Waals surface area contributed by atoms with Gasteiger partial charge in [-0.1, -0.05) is 0 Å². The fourth-order valence-electron chi connectivity index (χ4n) is 3.35. The van der Waals surface area contributed by atoms with Crippen LogP contribution in [0, 0.1) is 0 Å². The minimum atomic E-state index is -0.395. The molecule has 3 rings (SSSR count). The minimum absolute atomic E-state index is 0.0334. The Labute approximate surface area is 180 Å². The molecule has 166 valence electrons. The second kappa shape index (κ2) is 9.51. The molecule has 0 unspecified atom stereocenters. The van der Waals surface area contributed by atoms with Crippen LogP contribution in [0.5, 0.6) is 34.5 Å². The highest BCUT2D eigenvalue weighted by Crippen LogP contribution is 2.45. The Morgan fingerprint density at radius 3 is 2.00 bits per heavy atom. The van der Waals surface area contributed by atoms with Crippen LogP contribution < -0.4 is 33.8 Å². The Hall–Kier alpha value is -3.55. The molecule has 31 heavy (non-hydrogen) atoms. The van der Waals surface area contributed by atoms with Gasteiger partial charge in [0.1, 0.15) is 11.0 Å². The van der Waals surface area contributed by atoms with E-state index in [4.69, 9.17) is 32.8 Å². The van der Waals surface area contributed by atoms with Crippen LogP contribution in [0.25, 0.3) is 22.3 Å². The summed E-state index contributed by atoms with van der Waals surface area (Å²) in [5.41, 5.74) is 0.464. The molecule has 0 saturated heterocycles. The zero-order valence-corrected chi connectivity index (χ0v) is 18.5. The van der Waals surface area contributed by atoms with Crippen LogP contribution >= 0.6 is 0 Å². The summed E-state index contributed by atoms with van der Waals surface area (Å²) in [5, 5.41) is 0.200. The number of benzene rings is 2. The van der Waals surface area contributed by atoms with Crippen molar-refractivity contribution in [3.05, 3.63) is 34.5 Å². The molecular formula is C23H26O8. The molecule has 1 heterocycles. The van der Waals surface area contributed by atoms with E-state index in [2.05, 4.69) is 0 Å². The normalized spacial score (nSPS) is 10.6. The molecule has 0 bridgehead atoms. The molecule has 1 aromatic heterocycles. The van der Waals surface area contributed by atoms with Crippen molar-refractivity contribution in [1.29, 1.82) is 0 Å². The number of ether oxygens (including phenoxy) is 6. The molecule has 0 aliphatic rings. The van der Waals surface area contributed by atoms with Gasteiger partial charge >= 0.3 is 0 Å². The number of hydrogen-bond acceptors (Lipinski definition) is 8. The average Bonchev–Trinajstić information content (AvgIpc) is 2.79. The topological polar surface area (TPSA) is 85.6 Å². The molecule has 0 aliphatic heterocycles. The fraction of sp³-hybridized carbons (Fsp3) is 0.348. The first-order chi connectivity index (χ1) is 15.0. The third kappa shape index (κ3) is 3.93. The maximum atomic E-state index is 13.4. The molecule has 3 aromatic rings. The average molecular weight is 430 g/mol. The number of hydrogen-bond donors (Lipinski definition) is 0. The van der Waals surface area contributed by atoms with Crippen LogP contribution in [0.1, 0.15) is 13.8 Å². The van der Waals surface area contributed by atoms with Crippen molar-refractivity contribution >= 4 is 11.0 Å². The fourth-order valence-corrected chi connectivity index (χ4v) is 3.35. The van der Waals surface area contributed by atoms with Crippen molar-refractivity contribution in [3.63, 3.8) is 0 Å². The smallest absolute Gasteiger partial charge is 0.239 e. The molecule has 8 nitrogen and oxygen atoms in total. The van der Waals surface area contributed by atoms with Gasteiger partial charge in [-0.3, -0.25) is 4.79 Å². The van der Waals surface area contributed by atoms with Crippen LogP contribution in [0.4, 0.5) is 0 Å². The van der Waals surface area contributed by atoms with Gasteiger partial charge in [-0.2, -0.15) is 0 Å². The van der Waals surface area contributed by atoms with E-state index in [1.54, 1.807) is 31.4 Å². The van der Waals surface area contributed by atoms with Crippen molar-refractivity contribution in [2.45, 2.75) is 13.8 Å². The van der Waals surface area contributed by atoms with E-state index in [1.807, 2.05) is 13.8 Å². The molecule has 0 aliphatic carbocycles. The zero-order valence-electron chi connectivity index (χ0n) is 18.5. The molecule has 0 radical (unpaired) electrons. The van der Waals surface area contributed by atoms with Crippen LogP contribution in [0.15, 0.2) is 33.5 Å². The molecule has 0 fully saturated rings. The summed E-state index contributed by atoms with van der Waals surface area (Å²) in [7, 11) is 5.93. The predicted octanol–water partition coefficient (Wildman–Crippen LogP) is 4.29. The minimum Gasteiger partial charge on any atom is -0.493 e. The highest BCUT2D eigenvalue weighted by molar-refractivity contribution is 5.92. The van der Waals surface area contributed by atoms with Gasteiger partial charge in [-0.25, -0.2) is 0 Å². The number of methoxy groups -OCH3 is 4. The van der Waals surface area contributed by atoms with Gasteiger partial charge in [0.25, 0.3) is 0 Å². The first kappa shape index (κ1) is 22.1. The van der Waals surface area contributed by atoms with E-state index >= 15 is 0 Å². The maximum absolute atomic E-state index is 13.4. The highest BCUT2D eigenvalue weighted by Gasteiger charge is 2.25. The summed E-state index contributed by atoms with van der Waals surface area (Å²) >= 11 is 0. The number of fused-ring (bicyclic) bond motifs is 1. The summed E-state index contributed by atoms with van der Waals surface area (Å²) in [6.07, 6.45) is 0. The first-order valence-electron chi connectivity index (χ1n) is 9.78. The molecule has 0 spiro atoms. The quantitative estimate of drug-likeness (QED) is 0.497. The van der Waals surface area contributed by atoms with Crippen molar-refractivity contribution in [2.24, 2.45) is 0 Å². The van der Waals surface area contributed by atoms with Crippen molar-refractivity contribution in [3.8, 4) is 45.8 Å². The summed E-state index contributed by atoms with van der Waals surface area (Å²) < 4.78 is 39.2. The Kier molecular flexibility index (Phi) is 6.79. The molecule has 0 saturated carbocycles. The second-order valence-corrected chi connectivity index (χ2v) is 6.34. The van der Waals surface area contributed by atoms with Gasteiger partial charge in [0.05, 0.1) is 41.7 Å². The molecular weight excluding hydrogens is 404 g/mol. The van der Waals surface area contributed by atoms with Gasteiger partial charge in [0.15, 0.2) is 28.8 Å². The second-order valence-electron chi connectivity index (χ2n) is 6.34. The van der Waals surface area contributed by atoms with E-state index in [0.717, 1.165) is 0 Å². The Morgan fingerprint density at radius 1 is 0.742 bits per heavy atom. The lowest BCUT2D eigenvalue weighted by Gasteiger charge is -2.17. The lowest BCUT2D eigenvalue weighted by molar-refractivity contribution is 0.289. The van der Waals surface area contributed by atoms with Gasteiger partial charge in [0.2, 0.25) is 16.9 Å². The zero-order chi connectivity index (χ0) is 22.5. The van der Waals surface area contributed by atoms with Gasteiger partial charge < -0.3 is 32.8 Å². The van der Waals surface area contributed by atoms with Crippen LogP contribution in [0.2, 0.25) is 0 Å². The van der Waals surface area contributed by atoms with E-state index in [1.165, 1.54) is 21.3 Å². The summed E-state index contributed by atoms with van der Waals surface area (Å²) in [6, 6.07) is 6.83. The molecule has 8 heteroatoms. The SMILES string of the molecule is CCOc1cc(-c2oc3cc(OC)c(OCC)c(OC)c3c(=O)c2OC)ccc1OC. The predicted molar refractivity (Wildman–Crippen MR) is 116 cm³/mol. The van der Waals surface area contributed by atoms with Crippen LogP contribution in [-0.4, -0.2) is 41.7 Å². The van der Waals surface area contributed by atoms with Crippen molar-refractivity contribution in [1.82, 2.24) is 0 Å². The van der Waals surface area contributed by atoms with Crippen LogP contribution in [0.3, 0.4) is 0 Å². The van der Waals surface area contributed by atoms with Crippen molar-refractivity contribution < 1.29 is 32.8 Å². The maximum Gasteiger partial charge on any atom is 0.239 e. The third-order valence-corrected chi connectivity index (χ3v) is 4.66. The first-order valence-corrected chi connectivity index (χ1v) is 9.78. The monoisotopic (exact) mass is 430 g/mol. The summed E-state index contributed by atoms with van der Waals surface area (Å²) in [6.45, 7) is 4.52. The van der Waals surface area contributed by atoms with E-state index in [0.29, 0.717) is 41.8 Å². The van der Waals surface area contributed by atoms with Gasteiger partial charge in [0, 0.05) is 11.6 Å². The highest BCUT2D eigenvalue weighted by atomic mass is 16.5. The molecule has 2 aromatic carbocycles. The van der Waals surface area contributed by atoms with E-state index < -0.39 is 5.43 Å².